The normalized spacial score (nSPS) is 17.9. The second kappa shape index (κ2) is 8.79. The Bertz CT molecular complexity index is 952. The molecule has 1 amide bonds. The van der Waals surface area contributed by atoms with Crippen LogP contribution in [-0.2, 0) is 27.2 Å². The van der Waals surface area contributed by atoms with Crippen molar-refractivity contribution < 1.29 is 14.3 Å². The van der Waals surface area contributed by atoms with Gasteiger partial charge in [-0.3, -0.25) is 9.79 Å². The van der Waals surface area contributed by atoms with Gasteiger partial charge in [-0.05, 0) is 31.0 Å². The number of carbonyl (C=O) groups is 1. The van der Waals surface area contributed by atoms with Crippen molar-refractivity contribution in [2.75, 3.05) is 24.4 Å². The van der Waals surface area contributed by atoms with E-state index < -0.39 is 0 Å². The number of aliphatic imine (C=N–C) groups is 1. The Morgan fingerprint density at radius 3 is 2.86 bits per heavy atom. The van der Waals surface area contributed by atoms with Crippen molar-refractivity contribution >= 4 is 29.1 Å². The van der Waals surface area contributed by atoms with Crippen LogP contribution in [0.3, 0.4) is 0 Å². The highest BCUT2D eigenvalue weighted by Crippen LogP contribution is 2.24. The first kappa shape index (κ1) is 19.7. The molecule has 4 rings (SSSR count). The zero-order valence-corrected chi connectivity index (χ0v) is 17.2. The van der Waals surface area contributed by atoms with E-state index in [0.29, 0.717) is 24.1 Å². The smallest absolute Gasteiger partial charge is 0.234 e. The largest absolute Gasteiger partial charge is 0.469 e. The zero-order valence-electron chi connectivity index (χ0n) is 16.4. The first-order chi connectivity index (χ1) is 14.2. The van der Waals surface area contributed by atoms with Crippen molar-refractivity contribution in [1.29, 1.82) is 0 Å². The number of nitrogens with zero attached hydrogens (tertiary/aromatic N) is 4. The predicted molar refractivity (Wildman–Crippen MR) is 111 cm³/mol. The Labute approximate surface area is 173 Å². The molecule has 9 heteroatoms. The summed E-state index contributed by atoms with van der Waals surface area (Å²) in [5, 5.41) is 12.2. The second-order valence-electron chi connectivity index (χ2n) is 6.63. The Morgan fingerprint density at radius 2 is 2.10 bits per heavy atom. The monoisotopic (exact) mass is 413 g/mol. The molecule has 1 aromatic heterocycles. The van der Waals surface area contributed by atoms with Crippen LogP contribution in [0, 0.1) is 0 Å². The number of thioether (sulfide) groups is 1. The molecule has 1 fully saturated rings. The van der Waals surface area contributed by atoms with Crippen molar-refractivity contribution in [2.24, 2.45) is 4.99 Å². The van der Waals surface area contributed by atoms with E-state index in [0.717, 1.165) is 23.6 Å². The van der Waals surface area contributed by atoms with Crippen molar-refractivity contribution in [1.82, 2.24) is 14.8 Å². The van der Waals surface area contributed by atoms with Crippen LogP contribution in [0.1, 0.15) is 25.2 Å². The van der Waals surface area contributed by atoms with E-state index in [1.807, 2.05) is 41.8 Å². The van der Waals surface area contributed by atoms with E-state index in [1.165, 1.54) is 17.3 Å². The molecule has 0 aliphatic carbocycles. The van der Waals surface area contributed by atoms with Crippen LogP contribution in [-0.4, -0.2) is 51.6 Å². The van der Waals surface area contributed by atoms with Gasteiger partial charge in [-0.1, -0.05) is 30.8 Å². The number of nitrogens with one attached hydrogen (secondary N) is 1. The number of anilines is 1. The molecule has 152 valence electrons. The molecule has 2 aliphatic rings. The lowest BCUT2D eigenvalue weighted by Gasteiger charge is -2.14. The number of ether oxygens (including phenoxy) is 2. The van der Waals surface area contributed by atoms with Crippen LogP contribution in [0.15, 0.2) is 46.2 Å². The number of dihydropyridines is 1. The van der Waals surface area contributed by atoms with E-state index in [4.69, 9.17) is 9.47 Å². The molecule has 1 N–H and O–H groups in total. The third-order valence-corrected chi connectivity index (χ3v) is 5.73. The number of hydrogen-bond acceptors (Lipinski definition) is 7. The summed E-state index contributed by atoms with van der Waals surface area (Å²) < 4.78 is 12.9. The highest BCUT2D eigenvalue weighted by Gasteiger charge is 2.29. The second-order valence-corrected chi connectivity index (χ2v) is 7.57. The predicted octanol–water partition coefficient (Wildman–Crippen LogP) is 2.65. The van der Waals surface area contributed by atoms with Crippen LogP contribution in [0.5, 0.6) is 0 Å². The lowest BCUT2D eigenvalue weighted by Crippen LogP contribution is -2.21. The van der Waals surface area contributed by atoms with Crippen molar-refractivity contribution in [3.63, 3.8) is 0 Å². The molecular weight excluding hydrogens is 390 g/mol. The molecule has 0 saturated carbocycles. The van der Waals surface area contributed by atoms with Gasteiger partial charge in [0.05, 0.1) is 12.3 Å². The highest BCUT2D eigenvalue weighted by molar-refractivity contribution is 7.99. The van der Waals surface area contributed by atoms with Gasteiger partial charge in [0.25, 0.3) is 0 Å². The van der Waals surface area contributed by atoms with Crippen molar-refractivity contribution in [3.05, 3.63) is 47.5 Å². The fourth-order valence-electron chi connectivity index (χ4n) is 3.15. The third-order valence-electron chi connectivity index (χ3n) is 4.76. The van der Waals surface area contributed by atoms with Gasteiger partial charge in [0.2, 0.25) is 5.91 Å². The van der Waals surface area contributed by atoms with E-state index >= 15 is 0 Å². The van der Waals surface area contributed by atoms with Crippen LogP contribution < -0.4 is 5.32 Å². The minimum atomic E-state index is -0.0966. The van der Waals surface area contributed by atoms with Gasteiger partial charge in [0, 0.05) is 18.3 Å². The minimum absolute atomic E-state index is 0.0806. The maximum Gasteiger partial charge on any atom is 0.234 e. The molecule has 29 heavy (non-hydrogen) atoms. The van der Waals surface area contributed by atoms with Crippen LogP contribution in [0.2, 0.25) is 0 Å². The van der Waals surface area contributed by atoms with Crippen molar-refractivity contribution in [2.45, 2.75) is 38.1 Å². The molecular formula is C20H23N5O3S. The Balaban J connectivity index is 1.40. The number of aryl methyl sites for hydroxylation is 1. The number of carbonyl (C=O) groups excluding carboxylic acids is 1. The number of allylic oxidation sites excluding steroid dienone is 1. The van der Waals surface area contributed by atoms with Crippen LogP contribution >= 0.6 is 11.8 Å². The molecule has 3 heterocycles. The first-order valence-corrected chi connectivity index (χ1v) is 10.6. The van der Waals surface area contributed by atoms with Gasteiger partial charge < -0.3 is 19.4 Å². The molecule has 0 spiro atoms. The Morgan fingerprint density at radius 1 is 1.28 bits per heavy atom. The standard InChI is InChI=1S/C20H23N5O3S/c1-3-13-5-7-14(8-6-13)22-18(26)11-29-20-24-23-19(25(20)4-2)15-9-16-17(10-21-15)28-12-27-16/h5-9,17H,3-4,10-12H2,1-2H3,(H,22,26). The number of benzene rings is 1. The molecule has 0 bridgehead atoms. The maximum absolute atomic E-state index is 12.3. The van der Waals surface area contributed by atoms with Crippen LogP contribution in [0.4, 0.5) is 5.69 Å². The number of amides is 1. The number of aromatic nitrogens is 3. The van der Waals surface area contributed by atoms with Crippen LogP contribution in [0.25, 0.3) is 0 Å². The number of hydrogen-bond donors (Lipinski definition) is 1. The summed E-state index contributed by atoms with van der Waals surface area (Å²) >= 11 is 1.36. The molecule has 1 saturated heterocycles. The molecule has 2 aliphatic heterocycles. The zero-order chi connectivity index (χ0) is 20.2. The molecule has 0 radical (unpaired) electrons. The average Bonchev–Trinajstić information content (AvgIpc) is 3.38. The fourth-order valence-corrected chi connectivity index (χ4v) is 3.96. The minimum Gasteiger partial charge on any atom is -0.469 e. The van der Waals surface area contributed by atoms with Crippen molar-refractivity contribution in [3.8, 4) is 0 Å². The number of rotatable bonds is 7. The van der Waals surface area contributed by atoms with Gasteiger partial charge in [0.1, 0.15) is 17.6 Å². The van der Waals surface area contributed by atoms with E-state index in [2.05, 4.69) is 27.4 Å². The summed E-state index contributed by atoms with van der Waals surface area (Å²) in [6.07, 6.45) is 2.74. The Kier molecular flexibility index (Phi) is 5.96. The van der Waals surface area contributed by atoms with E-state index in [9.17, 15) is 4.79 Å². The maximum atomic E-state index is 12.3. The lowest BCUT2D eigenvalue weighted by molar-refractivity contribution is -0.113. The quantitative estimate of drug-likeness (QED) is 0.702. The summed E-state index contributed by atoms with van der Waals surface area (Å²) in [4.78, 5) is 16.9. The number of fused-ring (bicyclic) bond motifs is 1. The van der Waals surface area contributed by atoms with Gasteiger partial charge in [0.15, 0.2) is 17.8 Å². The summed E-state index contributed by atoms with van der Waals surface area (Å²) in [6.45, 7) is 5.57. The molecule has 1 atom stereocenters. The summed E-state index contributed by atoms with van der Waals surface area (Å²) in [7, 11) is 0. The highest BCUT2D eigenvalue weighted by atomic mass is 32.2. The SMILES string of the molecule is CCc1ccc(NC(=O)CSc2nnc(C3=NCC4OCOC4=C3)n2CC)cc1. The van der Waals surface area contributed by atoms with E-state index in [1.54, 1.807) is 0 Å². The Hall–Kier alpha value is -2.65. The van der Waals surface area contributed by atoms with Gasteiger partial charge in [-0.2, -0.15) is 0 Å². The fraction of sp³-hybridized carbons (Fsp3) is 0.400. The topological polar surface area (TPSA) is 90.6 Å². The van der Waals surface area contributed by atoms with Gasteiger partial charge >= 0.3 is 0 Å². The van der Waals surface area contributed by atoms with Gasteiger partial charge in [-0.15, -0.1) is 10.2 Å². The summed E-state index contributed by atoms with van der Waals surface area (Å²) in [5.41, 5.74) is 2.76. The summed E-state index contributed by atoms with van der Waals surface area (Å²) in [5.74, 6) is 1.62. The first-order valence-electron chi connectivity index (χ1n) is 9.63. The summed E-state index contributed by atoms with van der Waals surface area (Å²) in [6, 6.07) is 7.88. The lowest BCUT2D eigenvalue weighted by atomic mass is 10.1. The molecule has 8 nitrogen and oxygen atoms in total. The average molecular weight is 414 g/mol. The van der Waals surface area contributed by atoms with E-state index in [-0.39, 0.29) is 24.6 Å². The van der Waals surface area contributed by atoms with Gasteiger partial charge in [-0.25, -0.2) is 0 Å². The third kappa shape index (κ3) is 4.35. The molecule has 1 aromatic carbocycles. The molecule has 2 aromatic rings. The molecule has 1 unspecified atom stereocenters.